The Morgan fingerprint density at radius 1 is 1.03 bits per heavy atom. The second-order valence-corrected chi connectivity index (χ2v) is 8.49. The van der Waals surface area contributed by atoms with Gasteiger partial charge in [-0.25, -0.2) is 9.97 Å². The lowest BCUT2D eigenvalue weighted by atomic mass is 9.96. The van der Waals surface area contributed by atoms with Crippen LogP contribution in [0.4, 0.5) is 0 Å². The summed E-state index contributed by atoms with van der Waals surface area (Å²) in [7, 11) is 0. The molecule has 1 aliphatic heterocycles. The van der Waals surface area contributed by atoms with Crippen LogP contribution in [0.15, 0.2) is 73.0 Å². The number of imidazole rings is 2. The minimum atomic E-state index is -0.692. The van der Waals surface area contributed by atoms with E-state index in [9.17, 15) is 14.7 Å². The number of rotatable bonds is 6. The summed E-state index contributed by atoms with van der Waals surface area (Å²) in [5.41, 5.74) is 3.50. The maximum Gasteiger partial charge on any atom is 0.295 e. The molecule has 172 valence electrons. The van der Waals surface area contributed by atoms with E-state index in [-0.39, 0.29) is 11.3 Å². The number of carbonyl (C=O) groups excluding carboxylic acids is 2. The molecule has 1 atom stereocenters. The van der Waals surface area contributed by atoms with Gasteiger partial charge in [0.05, 0.1) is 23.6 Å². The van der Waals surface area contributed by atoms with E-state index in [0.717, 1.165) is 11.1 Å². The van der Waals surface area contributed by atoms with Gasteiger partial charge in [-0.2, -0.15) is 0 Å². The van der Waals surface area contributed by atoms with Gasteiger partial charge in [-0.05, 0) is 37.5 Å². The highest BCUT2D eigenvalue weighted by Crippen LogP contribution is 2.39. The standard InChI is InChI=1S/C26H25N5O3/c1-17-8-6-13-30-18(2)21(28-25(17)30)23(32)20-22(19-9-4-3-5-10-19)31(26(34)24(20)33)14-7-12-29-15-11-27-16-29/h3-6,8-11,13,15-16,22,32H,7,12,14H2,1-2H3. The quantitative estimate of drug-likeness (QED) is 0.272. The van der Waals surface area contributed by atoms with Gasteiger partial charge in [-0.15, -0.1) is 0 Å². The minimum absolute atomic E-state index is 0.0722. The average molecular weight is 456 g/mol. The van der Waals surface area contributed by atoms with Crippen LogP contribution in [-0.4, -0.2) is 47.2 Å². The average Bonchev–Trinajstić information content (AvgIpc) is 3.54. The molecule has 1 unspecified atom stereocenters. The summed E-state index contributed by atoms with van der Waals surface area (Å²) >= 11 is 0. The van der Waals surface area contributed by atoms with Crippen LogP contribution >= 0.6 is 0 Å². The molecule has 5 rings (SSSR count). The van der Waals surface area contributed by atoms with Crippen molar-refractivity contribution in [1.82, 2.24) is 23.8 Å². The summed E-state index contributed by atoms with van der Waals surface area (Å²) in [5, 5.41) is 11.4. The zero-order valence-electron chi connectivity index (χ0n) is 19.0. The minimum Gasteiger partial charge on any atom is -0.505 e. The first-order valence-corrected chi connectivity index (χ1v) is 11.2. The molecule has 4 aromatic rings. The number of aromatic nitrogens is 4. The van der Waals surface area contributed by atoms with E-state index >= 15 is 0 Å². The molecule has 0 radical (unpaired) electrons. The van der Waals surface area contributed by atoms with Crippen molar-refractivity contribution in [3.8, 4) is 0 Å². The maximum atomic E-state index is 13.2. The molecule has 0 bridgehead atoms. The maximum absolute atomic E-state index is 13.2. The van der Waals surface area contributed by atoms with E-state index in [4.69, 9.17) is 0 Å². The van der Waals surface area contributed by atoms with Crippen molar-refractivity contribution in [1.29, 1.82) is 0 Å². The van der Waals surface area contributed by atoms with Gasteiger partial charge in [0.15, 0.2) is 5.76 Å². The Morgan fingerprint density at radius 2 is 1.82 bits per heavy atom. The van der Waals surface area contributed by atoms with Crippen molar-refractivity contribution in [2.24, 2.45) is 0 Å². The second-order valence-electron chi connectivity index (χ2n) is 8.49. The Labute approximate surface area is 196 Å². The van der Waals surface area contributed by atoms with Gasteiger partial charge < -0.3 is 19.0 Å². The van der Waals surface area contributed by atoms with Crippen LogP contribution in [0.3, 0.4) is 0 Å². The number of ketones is 1. The zero-order chi connectivity index (χ0) is 23.8. The summed E-state index contributed by atoms with van der Waals surface area (Å²) in [4.78, 5) is 36.6. The van der Waals surface area contributed by atoms with E-state index in [1.54, 1.807) is 17.4 Å². The molecule has 1 amide bonds. The number of carbonyl (C=O) groups is 2. The predicted molar refractivity (Wildman–Crippen MR) is 127 cm³/mol. The van der Waals surface area contributed by atoms with Gasteiger partial charge >= 0.3 is 0 Å². The molecule has 1 aliphatic rings. The number of likely N-dealkylation sites (tertiary alicyclic amines) is 1. The van der Waals surface area contributed by atoms with Crippen molar-refractivity contribution in [2.75, 3.05) is 6.54 Å². The van der Waals surface area contributed by atoms with Crippen LogP contribution < -0.4 is 0 Å². The van der Waals surface area contributed by atoms with Crippen molar-refractivity contribution >= 4 is 23.1 Å². The molecular weight excluding hydrogens is 430 g/mol. The molecule has 0 saturated carbocycles. The fourth-order valence-electron chi connectivity index (χ4n) is 4.61. The molecule has 1 fully saturated rings. The number of hydrogen-bond donors (Lipinski definition) is 1. The third kappa shape index (κ3) is 3.57. The predicted octanol–water partition coefficient (Wildman–Crippen LogP) is 3.66. The number of aryl methyl sites for hydroxylation is 3. The lowest BCUT2D eigenvalue weighted by molar-refractivity contribution is -0.139. The van der Waals surface area contributed by atoms with Crippen LogP contribution in [0.25, 0.3) is 11.4 Å². The molecule has 8 heteroatoms. The number of amides is 1. The van der Waals surface area contributed by atoms with Gasteiger partial charge in [0.25, 0.3) is 11.7 Å². The van der Waals surface area contributed by atoms with Crippen molar-refractivity contribution in [3.63, 3.8) is 0 Å². The van der Waals surface area contributed by atoms with Crippen molar-refractivity contribution < 1.29 is 14.7 Å². The van der Waals surface area contributed by atoms with Crippen LogP contribution in [-0.2, 0) is 16.1 Å². The lowest BCUT2D eigenvalue weighted by Gasteiger charge is -2.25. The number of pyridine rings is 1. The number of fused-ring (bicyclic) bond motifs is 1. The van der Waals surface area contributed by atoms with E-state index in [1.807, 2.05) is 77.7 Å². The van der Waals surface area contributed by atoms with Gasteiger partial charge in [0.2, 0.25) is 0 Å². The Hall–Kier alpha value is -4.20. The normalized spacial score (nSPS) is 17.7. The van der Waals surface area contributed by atoms with Crippen LogP contribution in [0, 0.1) is 13.8 Å². The first-order chi connectivity index (χ1) is 16.5. The molecule has 0 spiro atoms. The molecule has 3 aromatic heterocycles. The number of aliphatic hydroxyl groups is 1. The van der Waals surface area contributed by atoms with E-state index in [2.05, 4.69) is 9.97 Å². The van der Waals surface area contributed by atoms with E-state index in [0.29, 0.717) is 36.5 Å². The largest absolute Gasteiger partial charge is 0.505 e. The molecule has 0 aliphatic carbocycles. The molecule has 34 heavy (non-hydrogen) atoms. The number of Topliss-reactive ketones (excluding diaryl/α,β-unsaturated/α-hetero) is 1. The van der Waals surface area contributed by atoms with Gasteiger partial charge in [0, 0.05) is 31.7 Å². The highest BCUT2D eigenvalue weighted by Gasteiger charge is 2.46. The summed E-state index contributed by atoms with van der Waals surface area (Å²) in [6, 6.07) is 12.5. The van der Waals surface area contributed by atoms with Crippen molar-refractivity contribution in [2.45, 2.75) is 32.9 Å². The zero-order valence-corrected chi connectivity index (χ0v) is 19.0. The summed E-state index contributed by atoms with van der Waals surface area (Å²) < 4.78 is 3.81. The molecule has 1 aromatic carbocycles. The van der Waals surface area contributed by atoms with E-state index < -0.39 is 17.7 Å². The fraction of sp³-hybridized carbons (Fsp3) is 0.231. The van der Waals surface area contributed by atoms with Gasteiger partial charge in [0.1, 0.15) is 11.3 Å². The SMILES string of the molecule is Cc1cccn2c(C)c(C(O)=C3C(=O)C(=O)N(CCCn4ccnc4)C3c3ccccc3)nc12. The molecular formula is C26H25N5O3. The number of nitrogens with zero attached hydrogens (tertiary/aromatic N) is 5. The Kier molecular flexibility index (Phi) is 5.49. The third-order valence-electron chi connectivity index (χ3n) is 6.34. The van der Waals surface area contributed by atoms with Crippen molar-refractivity contribution in [3.05, 3.63) is 95.5 Å². The Morgan fingerprint density at radius 3 is 2.53 bits per heavy atom. The molecule has 1 N–H and O–H groups in total. The topological polar surface area (TPSA) is 92.7 Å². The van der Waals surface area contributed by atoms with Crippen LogP contribution in [0.5, 0.6) is 0 Å². The second kappa shape index (κ2) is 8.62. The summed E-state index contributed by atoms with van der Waals surface area (Å²) in [6.45, 7) is 4.81. The van der Waals surface area contributed by atoms with Gasteiger partial charge in [-0.3, -0.25) is 9.59 Å². The number of benzene rings is 1. The fourth-order valence-corrected chi connectivity index (χ4v) is 4.61. The number of hydrogen-bond acceptors (Lipinski definition) is 5. The molecule has 1 saturated heterocycles. The highest BCUT2D eigenvalue weighted by atomic mass is 16.3. The monoisotopic (exact) mass is 455 g/mol. The third-order valence-corrected chi connectivity index (χ3v) is 6.34. The lowest BCUT2D eigenvalue weighted by Crippen LogP contribution is -2.31. The molecule has 4 heterocycles. The smallest absolute Gasteiger partial charge is 0.295 e. The Bertz CT molecular complexity index is 1400. The van der Waals surface area contributed by atoms with Gasteiger partial charge in [-0.1, -0.05) is 36.4 Å². The van der Waals surface area contributed by atoms with E-state index in [1.165, 1.54) is 0 Å². The first kappa shape index (κ1) is 21.6. The Balaban J connectivity index is 1.59. The summed E-state index contributed by atoms with van der Waals surface area (Å²) in [5.74, 6) is -1.55. The van der Waals surface area contributed by atoms with Crippen LogP contribution in [0.1, 0.15) is 35.0 Å². The molecule has 8 nitrogen and oxygen atoms in total. The van der Waals surface area contributed by atoms with Crippen LogP contribution in [0.2, 0.25) is 0 Å². The highest BCUT2D eigenvalue weighted by molar-refractivity contribution is 6.46. The first-order valence-electron chi connectivity index (χ1n) is 11.2. The number of aliphatic hydroxyl groups excluding tert-OH is 1. The summed E-state index contributed by atoms with van der Waals surface area (Å²) in [6.07, 6.45) is 7.78.